The van der Waals surface area contributed by atoms with Crippen LogP contribution >= 0.6 is 15.9 Å². The summed E-state index contributed by atoms with van der Waals surface area (Å²) in [6.45, 7) is 4.31. The molecule has 0 aliphatic carbocycles. The standard InChI is InChI=1S/C16H16BrN3O3/c1-16(2)9-20(12-6-4-10(17)8-13(12)23-16)15(21)11-5-7-14(22-3)19-18-11/h4-8H,9H2,1-3H3. The Morgan fingerprint density at radius 3 is 2.74 bits per heavy atom. The van der Waals surface area contributed by atoms with Crippen molar-refractivity contribution < 1.29 is 14.3 Å². The third kappa shape index (κ3) is 3.14. The monoisotopic (exact) mass is 377 g/mol. The van der Waals surface area contributed by atoms with E-state index in [1.165, 1.54) is 7.11 Å². The Kier molecular flexibility index (Phi) is 3.97. The first kappa shape index (κ1) is 15.7. The van der Waals surface area contributed by atoms with Crippen LogP contribution in [0.15, 0.2) is 34.8 Å². The molecule has 23 heavy (non-hydrogen) atoms. The fourth-order valence-corrected chi connectivity index (χ4v) is 2.79. The Balaban J connectivity index is 1.99. The van der Waals surface area contributed by atoms with Crippen LogP contribution in [-0.2, 0) is 0 Å². The summed E-state index contributed by atoms with van der Waals surface area (Å²) >= 11 is 3.43. The van der Waals surface area contributed by atoms with Gasteiger partial charge in [0.2, 0.25) is 5.88 Å². The van der Waals surface area contributed by atoms with Crippen molar-refractivity contribution in [1.29, 1.82) is 0 Å². The third-order valence-electron chi connectivity index (χ3n) is 3.45. The normalized spacial score (nSPS) is 15.6. The first-order chi connectivity index (χ1) is 10.9. The van der Waals surface area contributed by atoms with Crippen LogP contribution in [0.4, 0.5) is 5.69 Å². The van der Waals surface area contributed by atoms with Gasteiger partial charge in [-0.1, -0.05) is 15.9 Å². The van der Waals surface area contributed by atoms with Crippen molar-refractivity contribution in [3.05, 3.63) is 40.5 Å². The van der Waals surface area contributed by atoms with Crippen molar-refractivity contribution in [3.8, 4) is 11.6 Å². The van der Waals surface area contributed by atoms with Crippen LogP contribution in [-0.4, -0.2) is 35.4 Å². The average Bonchev–Trinajstić information content (AvgIpc) is 2.52. The van der Waals surface area contributed by atoms with Crippen LogP contribution < -0.4 is 14.4 Å². The fourth-order valence-electron chi connectivity index (χ4n) is 2.45. The minimum atomic E-state index is -0.497. The summed E-state index contributed by atoms with van der Waals surface area (Å²) in [5.74, 6) is 0.804. The van der Waals surface area contributed by atoms with Gasteiger partial charge in [-0.2, -0.15) is 0 Å². The SMILES string of the molecule is COc1ccc(C(=O)N2CC(C)(C)Oc3cc(Br)ccc32)nn1. The summed E-state index contributed by atoms with van der Waals surface area (Å²) in [6, 6.07) is 8.81. The molecule has 7 heteroatoms. The van der Waals surface area contributed by atoms with Crippen molar-refractivity contribution in [2.24, 2.45) is 0 Å². The van der Waals surface area contributed by atoms with E-state index in [1.807, 2.05) is 32.0 Å². The zero-order valence-electron chi connectivity index (χ0n) is 13.0. The number of carbonyl (C=O) groups excluding carboxylic acids is 1. The summed E-state index contributed by atoms with van der Waals surface area (Å²) in [5.41, 5.74) is 0.483. The number of amides is 1. The zero-order valence-corrected chi connectivity index (χ0v) is 14.6. The number of hydrogen-bond acceptors (Lipinski definition) is 5. The molecular weight excluding hydrogens is 362 g/mol. The number of benzene rings is 1. The first-order valence-corrected chi connectivity index (χ1v) is 7.87. The maximum atomic E-state index is 12.9. The molecular formula is C16H16BrN3O3. The molecule has 0 N–H and O–H groups in total. The molecule has 1 aliphatic heterocycles. The predicted molar refractivity (Wildman–Crippen MR) is 89.1 cm³/mol. The lowest BCUT2D eigenvalue weighted by Gasteiger charge is -2.39. The zero-order chi connectivity index (χ0) is 16.6. The number of fused-ring (bicyclic) bond motifs is 1. The second-order valence-corrected chi connectivity index (χ2v) is 6.74. The molecule has 1 aromatic carbocycles. The fraction of sp³-hybridized carbons (Fsp3) is 0.312. The van der Waals surface area contributed by atoms with E-state index < -0.39 is 5.60 Å². The number of methoxy groups -OCH3 is 1. The van der Waals surface area contributed by atoms with Gasteiger partial charge in [0.05, 0.1) is 19.3 Å². The Hall–Kier alpha value is -2.15. The number of anilines is 1. The van der Waals surface area contributed by atoms with Crippen LogP contribution in [0.1, 0.15) is 24.3 Å². The van der Waals surface area contributed by atoms with Crippen LogP contribution in [0.2, 0.25) is 0 Å². The summed E-state index contributed by atoms with van der Waals surface area (Å²) < 4.78 is 11.8. The van der Waals surface area contributed by atoms with Crippen molar-refractivity contribution in [1.82, 2.24) is 10.2 Å². The molecule has 0 saturated carbocycles. The highest BCUT2D eigenvalue weighted by Gasteiger charge is 2.35. The second kappa shape index (κ2) is 5.81. The smallest absolute Gasteiger partial charge is 0.279 e. The maximum absolute atomic E-state index is 12.9. The van der Waals surface area contributed by atoms with Crippen LogP contribution in [0.5, 0.6) is 11.6 Å². The maximum Gasteiger partial charge on any atom is 0.279 e. The van der Waals surface area contributed by atoms with E-state index in [0.29, 0.717) is 18.2 Å². The summed E-state index contributed by atoms with van der Waals surface area (Å²) in [7, 11) is 1.50. The molecule has 2 heterocycles. The van der Waals surface area contributed by atoms with Crippen molar-refractivity contribution >= 4 is 27.5 Å². The lowest BCUT2D eigenvalue weighted by atomic mass is 10.0. The largest absolute Gasteiger partial charge is 0.484 e. The van der Waals surface area contributed by atoms with Gasteiger partial charge in [0, 0.05) is 10.5 Å². The highest BCUT2D eigenvalue weighted by molar-refractivity contribution is 9.10. The third-order valence-corrected chi connectivity index (χ3v) is 3.94. The van der Waals surface area contributed by atoms with E-state index in [4.69, 9.17) is 9.47 Å². The van der Waals surface area contributed by atoms with E-state index in [-0.39, 0.29) is 11.6 Å². The summed E-state index contributed by atoms with van der Waals surface area (Å²) in [4.78, 5) is 14.5. The number of hydrogen-bond donors (Lipinski definition) is 0. The van der Waals surface area contributed by atoms with Gasteiger partial charge in [-0.05, 0) is 38.1 Å². The van der Waals surface area contributed by atoms with Gasteiger partial charge in [0.1, 0.15) is 11.4 Å². The highest BCUT2D eigenvalue weighted by Crippen LogP contribution is 2.39. The molecule has 0 fully saturated rings. The molecule has 0 atom stereocenters. The van der Waals surface area contributed by atoms with E-state index in [2.05, 4.69) is 26.1 Å². The molecule has 0 bridgehead atoms. The molecule has 0 spiro atoms. The summed E-state index contributed by atoms with van der Waals surface area (Å²) in [5, 5.41) is 7.81. The van der Waals surface area contributed by atoms with E-state index in [1.54, 1.807) is 17.0 Å². The Labute approximate surface area is 142 Å². The van der Waals surface area contributed by atoms with Gasteiger partial charge in [-0.3, -0.25) is 9.69 Å². The Morgan fingerprint density at radius 1 is 1.30 bits per heavy atom. The number of rotatable bonds is 2. The lowest BCUT2D eigenvalue weighted by molar-refractivity contribution is 0.0832. The van der Waals surface area contributed by atoms with Crippen LogP contribution in [0, 0.1) is 0 Å². The number of aromatic nitrogens is 2. The predicted octanol–water partition coefficient (Wildman–Crippen LogP) is 3.07. The molecule has 1 aromatic heterocycles. The van der Waals surface area contributed by atoms with Gasteiger partial charge < -0.3 is 9.47 Å². The number of nitrogens with zero attached hydrogens (tertiary/aromatic N) is 3. The van der Waals surface area contributed by atoms with Gasteiger partial charge in [-0.15, -0.1) is 10.2 Å². The van der Waals surface area contributed by atoms with Gasteiger partial charge in [0.25, 0.3) is 5.91 Å². The van der Waals surface area contributed by atoms with Gasteiger partial charge >= 0.3 is 0 Å². The molecule has 0 radical (unpaired) electrons. The van der Waals surface area contributed by atoms with Crippen molar-refractivity contribution in [2.75, 3.05) is 18.6 Å². The first-order valence-electron chi connectivity index (χ1n) is 7.08. The molecule has 3 rings (SSSR count). The minimum absolute atomic E-state index is 0.222. The molecule has 6 nitrogen and oxygen atoms in total. The quantitative estimate of drug-likeness (QED) is 0.804. The molecule has 1 aliphatic rings. The Morgan fingerprint density at radius 2 is 2.09 bits per heavy atom. The van der Waals surface area contributed by atoms with Crippen LogP contribution in [0.3, 0.4) is 0 Å². The van der Waals surface area contributed by atoms with Crippen molar-refractivity contribution in [2.45, 2.75) is 19.4 Å². The van der Waals surface area contributed by atoms with E-state index in [0.717, 1.165) is 10.2 Å². The second-order valence-electron chi connectivity index (χ2n) is 5.83. The van der Waals surface area contributed by atoms with Gasteiger partial charge in [0.15, 0.2) is 5.69 Å². The minimum Gasteiger partial charge on any atom is -0.484 e. The molecule has 0 saturated heterocycles. The number of carbonyl (C=O) groups is 1. The average molecular weight is 378 g/mol. The molecule has 0 unspecified atom stereocenters. The van der Waals surface area contributed by atoms with Crippen LogP contribution in [0.25, 0.3) is 0 Å². The van der Waals surface area contributed by atoms with E-state index in [9.17, 15) is 4.79 Å². The number of ether oxygens (including phenoxy) is 2. The van der Waals surface area contributed by atoms with E-state index >= 15 is 0 Å². The Bertz CT molecular complexity index is 747. The summed E-state index contributed by atoms with van der Waals surface area (Å²) in [6.07, 6.45) is 0. The lowest BCUT2D eigenvalue weighted by Crippen LogP contribution is -2.49. The molecule has 2 aromatic rings. The van der Waals surface area contributed by atoms with Crippen molar-refractivity contribution in [3.63, 3.8) is 0 Å². The molecule has 120 valence electrons. The van der Waals surface area contributed by atoms with Gasteiger partial charge in [-0.25, -0.2) is 0 Å². The molecule has 1 amide bonds. The number of halogens is 1. The topological polar surface area (TPSA) is 64.5 Å². The highest BCUT2D eigenvalue weighted by atomic mass is 79.9.